The SMILES string of the molecule is CN(CC(=O)Nc1ccc(Br)cc1)S(=O)(=O)c1cccnc1. The van der Waals surface area contributed by atoms with Crippen molar-refractivity contribution in [3.8, 4) is 0 Å². The van der Waals surface area contributed by atoms with Gasteiger partial charge in [-0.05, 0) is 36.4 Å². The van der Waals surface area contributed by atoms with Crippen molar-refractivity contribution in [3.63, 3.8) is 0 Å². The van der Waals surface area contributed by atoms with Crippen LogP contribution in [0.4, 0.5) is 5.69 Å². The molecule has 6 nitrogen and oxygen atoms in total. The van der Waals surface area contributed by atoms with Crippen molar-refractivity contribution in [1.82, 2.24) is 9.29 Å². The fourth-order valence-corrected chi connectivity index (χ4v) is 3.06. The Hall–Kier alpha value is -1.77. The predicted molar refractivity (Wildman–Crippen MR) is 86.8 cm³/mol. The van der Waals surface area contributed by atoms with E-state index < -0.39 is 15.9 Å². The third-order valence-corrected chi connectivity index (χ3v) is 5.15. The first-order valence-electron chi connectivity index (χ1n) is 6.31. The molecule has 0 aliphatic heterocycles. The van der Waals surface area contributed by atoms with Gasteiger partial charge in [-0.1, -0.05) is 15.9 Å². The number of amides is 1. The minimum Gasteiger partial charge on any atom is -0.325 e. The Labute approximate surface area is 137 Å². The van der Waals surface area contributed by atoms with E-state index in [0.29, 0.717) is 5.69 Å². The van der Waals surface area contributed by atoms with Gasteiger partial charge < -0.3 is 5.32 Å². The number of likely N-dealkylation sites (N-methyl/N-ethyl adjacent to an activating group) is 1. The number of aromatic nitrogens is 1. The average Bonchev–Trinajstić information content (AvgIpc) is 2.50. The van der Waals surface area contributed by atoms with Crippen LogP contribution in [0.2, 0.25) is 0 Å². The van der Waals surface area contributed by atoms with Crippen LogP contribution >= 0.6 is 15.9 Å². The molecule has 22 heavy (non-hydrogen) atoms. The van der Waals surface area contributed by atoms with Crippen LogP contribution in [-0.2, 0) is 14.8 Å². The van der Waals surface area contributed by atoms with Crippen LogP contribution in [0.25, 0.3) is 0 Å². The van der Waals surface area contributed by atoms with E-state index in [1.54, 1.807) is 24.3 Å². The zero-order valence-corrected chi connectivity index (χ0v) is 14.1. The smallest absolute Gasteiger partial charge is 0.244 e. The first kappa shape index (κ1) is 16.6. The number of hydrogen-bond acceptors (Lipinski definition) is 4. The number of rotatable bonds is 5. The highest BCUT2D eigenvalue weighted by Crippen LogP contribution is 2.15. The lowest BCUT2D eigenvalue weighted by atomic mass is 10.3. The molecule has 0 unspecified atom stereocenters. The highest BCUT2D eigenvalue weighted by Gasteiger charge is 2.22. The molecule has 1 amide bonds. The normalized spacial score (nSPS) is 11.4. The van der Waals surface area contributed by atoms with Crippen LogP contribution < -0.4 is 5.32 Å². The number of anilines is 1. The first-order chi connectivity index (χ1) is 10.4. The van der Waals surface area contributed by atoms with Gasteiger partial charge in [-0.25, -0.2) is 8.42 Å². The van der Waals surface area contributed by atoms with Crippen molar-refractivity contribution in [2.24, 2.45) is 0 Å². The molecule has 1 heterocycles. The van der Waals surface area contributed by atoms with Gasteiger partial charge in [0.2, 0.25) is 15.9 Å². The molecule has 116 valence electrons. The molecule has 0 fully saturated rings. The highest BCUT2D eigenvalue weighted by atomic mass is 79.9. The summed E-state index contributed by atoms with van der Waals surface area (Å²) in [4.78, 5) is 15.8. The van der Waals surface area contributed by atoms with Gasteiger partial charge in [-0.15, -0.1) is 0 Å². The van der Waals surface area contributed by atoms with E-state index in [-0.39, 0.29) is 11.4 Å². The molecule has 2 aromatic rings. The third-order valence-electron chi connectivity index (χ3n) is 2.84. The summed E-state index contributed by atoms with van der Waals surface area (Å²) in [5.41, 5.74) is 0.598. The summed E-state index contributed by atoms with van der Waals surface area (Å²) in [5, 5.41) is 2.64. The quantitative estimate of drug-likeness (QED) is 0.857. The maximum Gasteiger partial charge on any atom is 0.244 e. The second-order valence-electron chi connectivity index (χ2n) is 4.50. The van der Waals surface area contributed by atoms with Gasteiger partial charge in [-0.3, -0.25) is 9.78 Å². The third kappa shape index (κ3) is 4.12. The lowest BCUT2D eigenvalue weighted by Gasteiger charge is -2.16. The van der Waals surface area contributed by atoms with E-state index >= 15 is 0 Å². The summed E-state index contributed by atoms with van der Waals surface area (Å²) in [7, 11) is -2.38. The minimum atomic E-state index is -3.73. The number of carbonyl (C=O) groups is 1. The van der Waals surface area contributed by atoms with Crippen molar-refractivity contribution in [2.45, 2.75) is 4.90 Å². The van der Waals surface area contributed by atoms with Crippen LogP contribution in [0.3, 0.4) is 0 Å². The number of nitrogens with one attached hydrogen (secondary N) is 1. The molecular formula is C14H14BrN3O3S. The second kappa shape index (κ2) is 6.99. The van der Waals surface area contributed by atoms with Gasteiger partial charge in [0.1, 0.15) is 4.90 Å². The molecule has 0 saturated carbocycles. The Morgan fingerprint density at radius 2 is 1.95 bits per heavy atom. The minimum absolute atomic E-state index is 0.0499. The van der Waals surface area contributed by atoms with Crippen molar-refractivity contribution in [2.75, 3.05) is 18.9 Å². The lowest BCUT2D eigenvalue weighted by Crippen LogP contribution is -2.35. The molecule has 0 aliphatic carbocycles. The van der Waals surface area contributed by atoms with E-state index in [1.165, 1.54) is 31.6 Å². The molecule has 8 heteroatoms. The molecule has 0 aliphatic rings. The van der Waals surface area contributed by atoms with Gasteiger partial charge in [0.05, 0.1) is 6.54 Å². The maximum absolute atomic E-state index is 12.3. The molecule has 0 atom stereocenters. The number of carbonyl (C=O) groups excluding carboxylic acids is 1. The number of pyridine rings is 1. The predicted octanol–water partition coefficient (Wildman–Crippen LogP) is 2.10. The lowest BCUT2D eigenvalue weighted by molar-refractivity contribution is -0.116. The molecule has 1 N–H and O–H groups in total. The number of sulfonamides is 1. The van der Waals surface area contributed by atoms with Gasteiger partial charge in [0.15, 0.2) is 0 Å². The van der Waals surface area contributed by atoms with Crippen LogP contribution in [0, 0.1) is 0 Å². The molecular weight excluding hydrogens is 370 g/mol. The zero-order valence-electron chi connectivity index (χ0n) is 11.7. The Bertz CT molecular complexity index is 749. The topological polar surface area (TPSA) is 79.4 Å². The van der Waals surface area contributed by atoms with Gasteiger partial charge in [0.25, 0.3) is 0 Å². The Morgan fingerprint density at radius 3 is 2.55 bits per heavy atom. The van der Waals surface area contributed by atoms with Crippen LogP contribution in [0.5, 0.6) is 0 Å². The molecule has 1 aromatic heterocycles. The molecule has 1 aromatic carbocycles. The largest absolute Gasteiger partial charge is 0.325 e. The summed E-state index contributed by atoms with van der Waals surface area (Å²) in [6.07, 6.45) is 2.73. The van der Waals surface area contributed by atoms with E-state index in [2.05, 4.69) is 26.2 Å². The summed E-state index contributed by atoms with van der Waals surface area (Å²) >= 11 is 3.30. The number of nitrogens with zero attached hydrogens (tertiary/aromatic N) is 2. The summed E-state index contributed by atoms with van der Waals surface area (Å²) in [6.45, 7) is -0.284. The highest BCUT2D eigenvalue weighted by molar-refractivity contribution is 9.10. The number of halogens is 1. The molecule has 0 bridgehead atoms. The van der Waals surface area contributed by atoms with E-state index in [0.717, 1.165) is 8.78 Å². The van der Waals surface area contributed by atoms with Crippen LogP contribution in [0.15, 0.2) is 58.2 Å². The first-order valence-corrected chi connectivity index (χ1v) is 8.54. The van der Waals surface area contributed by atoms with Crippen molar-refractivity contribution in [3.05, 3.63) is 53.3 Å². The van der Waals surface area contributed by atoms with Gasteiger partial charge in [0, 0.05) is 29.6 Å². The van der Waals surface area contributed by atoms with E-state index in [1.807, 2.05) is 0 Å². The standard InChI is InChI=1S/C14H14BrN3O3S/c1-18(22(20,21)13-3-2-8-16-9-13)10-14(19)17-12-6-4-11(15)5-7-12/h2-9H,10H2,1H3,(H,17,19). The Morgan fingerprint density at radius 1 is 1.27 bits per heavy atom. The summed E-state index contributed by atoms with van der Waals surface area (Å²) < 4.78 is 26.4. The summed E-state index contributed by atoms with van der Waals surface area (Å²) in [5.74, 6) is -0.419. The Balaban J connectivity index is 2.03. The molecule has 0 spiro atoms. The van der Waals surface area contributed by atoms with E-state index in [4.69, 9.17) is 0 Å². The zero-order chi connectivity index (χ0) is 16.2. The second-order valence-corrected chi connectivity index (χ2v) is 7.47. The molecule has 2 rings (SSSR count). The molecule has 0 radical (unpaired) electrons. The average molecular weight is 384 g/mol. The van der Waals surface area contributed by atoms with Gasteiger partial charge in [-0.2, -0.15) is 4.31 Å². The van der Waals surface area contributed by atoms with Crippen molar-refractivity contribution < 1.29 is 13.2 Å². The van der Waals surface area contributed by atoms with Crippen molar-refractivity contribution >= 4 is 37.5 Å². The number of hydrogen-bond donors (Lipinski definition) is 1. The van der Waals surface area contributed by atoms with E-state index in [9.17, 15) is 13.2 Å². The Kier molecular flexibility index (Phi) is 5.28. The maximum atomic E-state index is 12.3. The fourth-order valence-electron chi connectivity index (χ4n) is 1.70. The van der Waals surface area contributed by atoms with Crippen LogP contribution in [-0.4, -0.2) is 37.2 Å². The fraction of sp³-hybridized carbons (Fsp3) is 0.143. The van der Waals surface area contributed by atoms with Crippen LogP contribution in [0.1, 0.15) is 0 Å². The molecule has 0 saturated heterocycles. The van der Waals surface area contributed by atoms with Crippen molar-refractivity contribution in [1.29, 1.82) is 0 Å². The summed E-state index contributed by atoms with van der Waals surface area (Å²) in [6, 6.07) is 9.97. The van der Waals surface area contributed by atoms with Gasteiger partial charge >= 0.3 is 0 Å². The monoisotopic (exact) mass is 383 g/mol. The number of benzene rings is 1.